The highest BCUT2D eigenvalue weighted by molar-refractivity contribution is 5.94. The summed E-state index contributed by atoms with van der Waals surface area (Å²) < 4.78 is 0. The topological polar surface area (TPSA) is 40.6 Å². The number of rotatable bonds is 2. The van der Waals surface area contributed by atoms with Crippen LogP contribution in [0.3, 0.4) is 0 Å². The number of carbonyl (C=O) groups excluding carboxylic acids is 2. The number of hydrogen-bond donors (Lipinski definition) is 0. The highest BCUT2D eigenvalue weighted by atomic mass is 16.2. The van der Waals surface area contributed by atoms with Gasteiger partial charge in [0.15, 0.2) is 0 Å². The SMILES string of the molecule is CC1CCCN(C(=O)C2CCN(C(=O)c3ccc4c(c3)CCC4)CC2)C1. The van der Waals surface area contributed by atoms with E-state index in [1.54, 1.807) is 0 Å². The summed E-state index contributed by atoms with van der Waals surface area (Å²) in [7, 11) is 0. The Morgan fingerprint density at radius 1 is 0.923 bits per heavy atom. The molecule has 0 aromatic heterocycles. The smallest absolute Gasteiger partial charge is 0.253 e. The van der Waals surface area contributed by atoms with Gasteiger partial charge in [0, 0.05) is 37.7 Å². The van der Waals surface area contributed by atoms with Gasteiger partial charge in [-0.15, -0.1) is 0 Å². The standard InChI is InChI=1S/C22H30N2O2/c1-16-4-3-11-24(15-16)21(25)18-9-12-23(13-10-18)22(26)20-8-7-17-5-2-6-19(17)14-20/h7-8,14,16,18H,2-6,9-13,15H2,1H3. The fourth-order valence-electron chi connectivity index (χ4n) is 4.86. The highest BCUT2D eigenvalue weighted by Gasteiger charge is 2.32. The summed E-state index contributed by atoms with van der Waals surface area (Å²) in [5.74, 6) is 1.18. The normalized spacial score (nSPS) is 23.8. The van der Waals surface area contributed by atoms with Crippen molar-refractivity contribution in [1.29, 1.82) is 0 Å². The monoisotopic (exact) mass is 354 g/mol. The molecule has 2 amide bonds. The van der Waals surface area contributed by atoms with Crippen LogP contribution in [0, 0.1) is 11.8 Å². The first kappa shape index (κ1) is 17.6. The highest BCUT2D eigenvalue weighted by Crippen LogP contribution is 2.26. The van der Waals surface area contributed by atoms with Gasteiger partial charge < -0.3 is 9.80 Å². The van der Waals surface area contributed by atoms with Crippen LogP contribution in [0.5, 0.6) is 0 Å². The fourth-order valence-corrected chi connectivity index (χ4v) is 4.86. The van der Waals surface area contributed by atoms with Crippen molar-refractivity contribution in [2.45, 2.75) is 51.9 Å². The van der Waals surface area contributed by atoms with Gasteiger partial charge >= 0.3 is 0 Å². The molecule has 2 heterocycles. The van der Waals surface area contributed by atoms with Crippen molar-refractivity contribution >= 4 is 11.8 Å². The maximum absolute atomic E-state index is 12.9. The molecule has 1 unspecified atom stereocenters. The number of aryl methyl sites for hydroxylation is 2. The van der Waals surface area contributed by atoms with E-state index in [0.29, 0.717) is 24.9 Å². The van der Waals surface area contributed by atoms with Crippen molar-refractivity contribution < 1.29 is 9.59 Å². The number of fused-ring (bicyclic) bond motifs is 1. The molecule has 26 heavy (non-hydrogen) atoms. The van der Waals surface area contributed by atoms with Gasteiger partial charge in [-0.05, 0) is 74.1 Å². The lowest BCUT2D eigenvalue weighted by atomic mass is 9.92. The van der Waals surface area contributed by atoms with E-state index in [-0.39, 0.29) is 11.8 Å². The second-order valence-electron chi connectivity index (χ2n) is 8.44. The van der Waals surface area contributed by atoms with Crippen molar-refractivity contribution in [3.63, 3.8) is 0 Å². The van der Waals surface area contributed by atoms with E-state index >= 15 is 0 Å². The van der Waals surface area contributed by atoms with Crippen LogP contribution in [-0.4, -0.2) is 47.8 Å². The molecule has 4 heteroatoms. The number of amides is 2. The van der Waals surface area contributed by atoms with Crippen LogP contribution in [-0.2, 0) is 17.6 Å². The van der Waals surface area contributed by atoms with E-state index in [0.717, 1.165) is 50.8 Å². The first-order valence-electron chi connectivity index (χ1n) is 10.3. The number of hydrogen-bond acceptors (Lipinski definition) is 2. The zero-order valence-electron chi connectivity index (χ0n) is 15.9. The Kier molecular flexibility index (Phi) is 5.01. The minimum Gasteiger partial charge on any atom is -0.342 e. The average molecular weight is 354 g/mol. The molecule has 0 bridgehead atoms. The molecule has 0 spiro atoms. The van der Waals surface area contributed by atoms with Crippen LogP contribution in [0.4, 0.5) is 0 Å². The van der Waals surface area contributed by atoms with Crippen LogP contribution in [0.15, 0.2) is 18.2 Å². The van der Waals surface area contributed by atoms with Crippen LogP contribution in [0.2, 0.25) is 0 Å². The third kappa shape index (κ3) is 3.51. The molecule has 0 radical (unpaired) electrons. The van der Waals surface area contributed by atoms with E-state index < -0.39 is 0 Å². The van der Waals surface area contributed by atoms with Gasteiger partial charge in [0.25, 0.3) is 5.91 Å². The predicted octanol–water partition coefficient (Wildman–Crippen LogP) is 3.29. The van der Waals surface area contributed by atoms with Gasteiger partial charge in [0.2, 0.25) is 5.91 Å². The first-order chi connectivity index (χ1) is 12.6. The molecular formula is C22H30N2O2. The third-order valence-electron chi connectivity index (χ3n) is 6.45. The Hall–Kier alpha value is -1.84. The van der Waals surface area contributed by atoms with Crippen molar-refractivity contribution in [3.05, 3.63) is 34.9 Å². The van der Waals surface area contributed by atoms with Gasteiger partial charge in [-0.2, -0.15) is 0 Å². The van der Waals surface area contributed by atoms with E-state index in [1.807, 2.05) is 11.0 Å². The lowest BCUT2D eigenvalue weighted by Crippen LogP contribution is -2.47. The molecule has 3 aliphatic rings. The molecule has 1 atom stereocenters. The van der Waals surface area contributed by atoms with Crippen LogP contribution in [0.25, 0.3) is 0 Å². The van der Waals surface area contributed by atoms with Crippen LogP contribution >= 0.6 is 0 Å². The number of nitrogens with zero attached hydrogens (tertiary/aromatic N) is 2. The lowest BCUT2D eigenvalue weighted by molar-refractivity contribution is -0.138. The van der Waals surface area contributed by atoms with Crippen LogP contribution in [0.1, 0.15) is 60.5 Å². The molecule has 4 rings (SSSR count). The molecule has 1 aromatic rings. The minimum atomic E-state index is 0.101. The molecule has 140 valence electrons. The van der Waals surface area contributed by atoms with Crippen molar-refractivity contribution in [3.8, 4) is 0 Å². The van der Waals surface area contributed by atoms with Gasteiger partial charge in [0.1, 0.15) is 0 Å². The van der Waals surface area contributed by atoms with E-state index in [2.05, 4.69) is 24.0 Å². The molecule has 2 fully saturated rings. The van der Waals surface area contributed by atoms with Crippen LogP contribution < -0.4 is 0 Å². The zero-order chi connectivity index (χ0) is 18.1. The summed E-state index contributed by atoms with van der Waals surface area (Å²) >= 11 is 0. The lowest BCUT2D eigenvalue weighted by Gasteiger charge is -2.37. The summed E-state index contributed by atoms with van der Waals surface area (Å²) in [4.78, 5) is 29.7. The molecule has 1 aliphatic carbocycles. The summed E-state index contributed by atoms with van der Waals surface area (Å²) in [6.07, 6.45) is 7.42. The number of piperidine rings is 2. The Labute approximate surface area is 156 Å². The maximum atomic E-state index is 12.9. The number of benzene rings is 1. The van der Waals surface area contributed by atoms with E-state index in [4.69, 9.17) is 0 Å². The molecular weight excluding hydrogens is 324 g/mol. The second-order valence-corrected chi connectivity index (χ2v) is 8.44. The van der Waals surface area contributed by atoms with E-state index in [9.17, 15) is 9.59 Å². The van der Waals surface area contributed by atoms with Gasteiger partial charge in [0.05, 0.1) is 0 Å². The third-order valence-corrected chi connectivity index (χ3v) is 6.45. The Balaban J connectivity index is 1.34. The molecule has 2 aliphatic heterocycles. The van der Waals surface area contributed by atoms with Crippen molar-refractivity contribution in [2.24, 2.45) is 11.8 Å². The summed E-state index contributed by atoms with van der Waals surface area (Å²) in [5, 5.41) is 0. The molecule has 0 saturated carbocycles. The number of carbonyl (C=O) groups is 2. The Morgan fingerprint density at radius 2 is 1.69 bits per heavy atom. The Morgan fingerprint density at radius 3 is 2.46 bits per heavy atom. The predicted molar refractivity (Wildman–Crippen MR) is 102 cm³/mol. The summed E-state index contributed by atoms with van der Waals surface area (Å²) in [5.41, 5.74) is 3.57. The maximum Gasteiger partial charge on any atom is 0.253 e. The summed E-state index contributed by atoms with van der Waals surface area (Å²) in [6, 6.07) is 6.21. The van der Waals surface area contributed by atoms with Crippen molar-refractivity contribution in [1.82, 2.24) is 9.80 Å². The quantitative estimate of drug-likeness (QED) is 0.818. The largest absolute Gasteiger partial charge is 0.342 e. The molecule has 2 saturated heterocycles. The van der Waals surface area contributed by atoms with Gasteiger partial charge in [-0.3, -0.25) is 9.59 Å². The van der Waals surface area contributed by atoms with Gasteiger partial charge in [-0.25, -0.2) is 0 Å². The van der Waals surface area contributed by atoms with Gasteiger partial charge in [-0.1, -0.05) is 13.0 Å². The second kappa shape index (κ2) is 7.42. The first-order valence-corrected chi connectivity index (χ1v) is 10.3. The van der Waals surface area contributed by atoms with E-state index in [1.165, 1.54) is 24.0 Å². The molecule has 4 nitrogen and oxygen atoms in total. The Bertz CT molecular complexity index is 691. The average Bonchev–Trinajstić information content (AvgIpc) is 3.15. The fraction of sp³-hybridized carbons (Fsp3) is 0.636. The number of likely N-dealkylation sites (tertiary alicyclic amines) is 2. The summed E-state index contributed by atoms with van der Waals surface area (Å²) in [6.45, 7) is 5.47. The molecule has 0 N–H and O–H groups in total. The van der Waals surface area contributed by atoms with Crippen molar-refractivity contribution in [2.75, 3.05) is 26.2 Å². The minimum absolute atomic E-state index is 0.101. The molecule has 1 aromatic carbocycles. The zero-order valence-corrected chi connectivity index (χ0v) is 15.9.